The van der Waals surface area contributed by atoms with Crippen molar-refractivity contribution in [2.45, 2.75) is 46.6 Å². The summed E-state index contributed by atoms with van der Waals surface area (Å²) in [6.07, 6.45) is 1.20. The molecule has 1 aromatic heterocycles. The van der Waals surface area contributed by atoms with Crippen molar-refractivity contribution in [3.8, 4) is 0 Å². The Bertz CT molecular complexity index is 382. The van der Waals surface area contributed by atoms with Crippen molar-refractivity contribution in [3.05, 3.63) is 11.8 Å². The van der Waals surface area contributed by atoms with E-state index in [-0.39, 0.29) is 29.8 Å². The summed E-state index contributed by atoms with van der Waals surface area (Å²) in [6.45, 7) is 8.27. The minimum atomic E-state index is -0.136. The number of hydrogen-bond donors (Lipinski definition) is 3. The number of nitrogens with one attached hydrogen (secondary N) is 2. The first-order valence-corrected chi connectivity index (χ1v) is 5.86. The molecule has 0 aliphatic heterocycles. The molecule has 1 atom stereocenters. The van der Waals surface area contributed by atoms with E-state index in [2.05, 4.69) is 36.3 Å². The first kappa shape index (κ1) is 16.9. The Kier molecular flexibility index (Phi) is 6.35. The first-order chi connectivity index (χ1) is 7.76. The molecule has 0 saturated heterocycles. The molecule has 0 bridgehead atoms. The number of H-pyrrole nitrogens is 1. The molecule has 1 rings (SSSR count). The van der Waals surface area contributed by atoms with Crippen molar-refractivity contribution in [2.24, 2.45) is 11.1 Å². The molecule has 5 nitrogen and oxygen atoms in total. The average molecular weight is 275 g/mol. The number of halogens is 1. The highest BCUT2D eigenvalue weighted by molar-refractivity contribution is 5.90. The van der Waals surface area contributed by atoms with Crippen LogP contribution in [0.1, 0.15) is 39.8 Å². The predicted octanol–water partition coefficient (Wildman–Crippen LogP) is 2.10. The molecule has 0 spiro atoms. The van der Waals surface area contributed by atoms with E-state index < -0.39 is 0 Å². The number of aromatic nitrogens is 2. The summed E-state index contributed by atoms with van der Waals surface area (Å²) >= 11 is 0. The molecule has 0 aromatic carbocycles. The van der Waals surface area contributed by atoms with Crippen LogP contribution in [0.4, 0.5) is 5.82 Å². The molecule has 104 valence electrons. The fourth-order valence-electron chi connectivity index (χ4n) is 1.57. The average Bonchev–Trinajstić information content (AvgIpc) is 2.46. The van der Waals surface area contributed by atoms with Gasteiger partial charge in [0.05, 0.1) is 0 Å². The molecule has 0 fully saturated rings. The number of nitrogens with two attached hydrogens (primary N) is 1. The van der Waals surface area contributed by atoms with Crippen LogP contribution in [0.25, 0.3) is 0 Å². The second kappa shape index (κ2) is 6.75. The van der Waals surface area contributed by atoms with Crippen molar-refractivity contribution in [1.82, 2.24) is 10.2 Å². The fourth-order valence-corrected chi connectivity index (χ4v) is 1.57. The molecule has 0 saturated carbocycles. The number of aromatic amines is 1. The molecule has 1 aromatic rings. The Hall–Kier alpha value is -1.07. The van der Waals surface area contributed by atoms with Gasteiger partial charge in [0.1, 0.15) is 0 Å². The molecular formula is C12H23ClN4O. The summed E-state index contributed by atoms with van der Waals surface area (Å²) in [5, 5.41) is 9.69. The maximum atomic E-state index is 11.5. The van der Waals surface area contributed by atoms with Gasteiger partial charge in [-0.15, -0.1) is 12.4 Å². The highest BCUT2D eigenvalue weighted by atomic mass is 35.5. The Morgan fingerprint density at radius 3 is 2.67 bits per heavy atom. The van der Waals surface area contributed by atoms with E-state index in [4.69, 9.17) is 5.73 Å². The molecule has 18 heavy (non-hydrogen) atoms. The Morgan fingerprint density at radius 2 is 2.17 bits per heavy atom. The summed E-state index contributed by atoms with van der Waals surface area (Å²) in [4.78, 5) is 11.5. The van der Waals surface area contributed by atoms with E-state index in [1.807, 2.05) is 6.07 Å². The minimum absolute atomic E-state index is 0. The summed E-state index contributed by atoms with van der Waals surface area (Å²) in [6, 6.07) is 1.73. The van der Waals surface area contributed by atoms with Crippen LogP contribution in [0, 0.1) is 5.41 Å². The van der Waals surface area contributed by atoms with E-state index in [9.17, 15) is 4.79 Å². The molecule has 1 amide bonds. The monoisotopic (exact) mass is 274 g/mol. The number of nitrogens with zero attached hydrogens (tertiary/aromatic N) is 1. The normalized spacial score (nSPS) is 12.7. The second-order valence-corrected chi connectivity index (χ2v) is 5.75. The number of amides is 1. The van der Waals surface area contributed by atoms with Crippen LogP contribution in [0.2, 0.25) is 0 Å². The number of carbonyl (C=O) groups is 1. The molecular weight excluding hydrogens is 252 g/mol. The summed E-state index contributed by atoms with van der Waals surface area (Å²) in [7, 11) is 0. The van der Waals surface area contributed by atoms with Gasteiger partial charge in [0.25, 0.3) is 0 Å². The van der Waals surface area contributed by atoms with Crippen LogP contribution >= 0.6 is 12.4 Å². The lowest BCUT2D eigenvalue weighted by Crippen LogP contribution is -2.24. The van der Waals surface area contributed by atoms with Crippen LogP contribution in [-0.2, 0) is 11.2 Å². The number of anilines is 1. The Morgan fingerprint density at radius 1 is 1.56 bits per heavy atom. The van der Waals surface area contributed by atoms with Gasteiger partial charge in [0.15, 0.2) is 5.82 Å². The molecule has 1 unspecified atom stereocenters. The standard InChI is InChI=1S/C12H22N4O.ClH/c1-8(13)5-11(17)14-10-6-9(15-16-10)7-12(2,3)4;/h6,8H,5,7,13H2,1-4H3,(H2,14,15,16,17);1H. The van der Waals surface area contributed by atoms with Crippen molar-refractivity contribution >= 4 is 24.1 Å². The van der Waals surface area contributed by atoms with Crippen LogP contribution < -0.4 is 11.1 Å². The zero-order valence-electron chi connectivity index (χ0n) is 11.4. The fraction of sp³-hybridized carbons (Fsp3) is 0.667. The van der Waals surface area contributed by atoms with Crippen LogP contribution in [-0.4, -0.2) is 22.1 Å². The maximum absolute atomic E-state index is 11.5. The SMILES string of the molecule is CC(N)CC(=O)Nc1cc(CC(C)(C)C)[nH]n1.Cl. The number of hydrogen-bond acceptors (Lipinski definition) is 3. The van der Waals surface area contributed by atoms with E-state index in [0.717, 1.165) is 12.1 Å². The minimum Gasteiger partial charge on any atom is -0.327 e. The van der Waals surface area contributed by atoms with Crippen LogP contribution in [0.3, 0.4) is 0 Å². The zero-order valence-corrected chi connectivity index (χ0v) is 12.2. The van der Waals surface area contributed by atoms with Gasteiger partial charge in [-0.05, 0) is 18.8 Å². The molecule has 0 aliphatic rings. The van der Waals surface area contributed by atoms with E-state index >= 15 is 0 Å². The third-order valence-electron chi connectivity index (χ3n) is 2.13. The van der Waals surface area contributed by atoms with Crippen molar-refractivity contribution < 1.29 is 4.79 Å². The van der Waals surface area contributed by atoms with E-state index in [0.29, 0.717) is 12.2 Å². The molecule has 1 heterocycles. The van der Waals surface area contributed by atoms with Gasteiger partial charge in [-0.3, -0.25) is 9.89 Å². The number of carbonyl (C=O) groups excluding carboxylic acids is 1. The first-order valence-electron chi connectivity index (χ1n) is 5.86. The highest BCUT2D eigenvalue weighted by Crippen LogP contribution is 2.20. The van der Waals surface area contributed by atoms with Gasteiger partial charge >= 0.3 is 0 Å². The van der Waals surface area contributed by atoms with Crippen molar-refractivity contribution in [1.29, 1.82) is 0 Å². The summed E-state index contributed by atoms with van der Waals surface area (Å²) in [5.74, 6) is 0.462. The largest absolute Gasteiger partial charge is 0.327 e. The maximum Gasteiger partial charge on any atom is 0.227 e. The predicted molar refractivity (Wildman–Crippen MR) is 75.9 cm³/mol. The smallest absolute Gasteiger partial charge is 0.227 e. The van der Waals surface area contributed by atoms with Gasteiger partial charge in [-0.2, -0.15) is 5.10 Å². The molecule has 4 N–H and O–H groups in total. The second-order valence-electron chi connectivity index (χ2n) is 5.75. The lowest BCUT2D eigenvalue weighted by atomic mass is 9.91. The van der Waals surface area contributed by atoms with Gasteiger partial charge in [-0.25, -0.2) is 0 Å². The van der Waals surface area contributed by atoms with Crippen molar-refractivity contribution in [2.75, 3.05) is 5.32 Å². The third-order valence-corrected chi connectivity index (χ3v) is 2.13. The van der Waals surface area contributed by atoms with Gasteiger partial charge in [0, 0.05) is 24.2 Å². The van der Waals surface area contributed by atoms with Gasteiger partial charge in [0.2, 0.25) is 5.91 Å². The van der Waals surface area contributed by atoms with Gasteiger partial charge in [-0.1, -0.05) is 20.8 Å². The molecule has 6 heteroatoms. The van der Waals surface area contributed by atoms with Crippen LogP contribution in [0.5, 0.6) is 0 Å². The summed E-state index contributed by atoms with van der Waals surface area (Å²) < 4.78 is 0. The van der Waals surface area contributed by atoms with E-state index in [1.54, 1.807) is 6.92 Å². The van der Waals surface area contributed by atoms with Crippen molar-refractivity contribution in [3.63, 3.8) is 0 Å². The Balaban J connectivity index is 0.00000289. The van der Waals surface area contributed by atoms with Gasteiger partial charge < -0.3 is 11.1 Å². The quantitative estimate of drug-likeness (QED) is 0.786. The van der Waals surface area contributed by atoms with Crippen LogP contribution in [0.15, 0.2) is 6.07 Å². The molecule has 0 aliphatic carbocycles. The third kappa shape index (κ3) is 6.61. The summed E-state index contributed by atoms with van der Waals surface area (Å²) in [5.41, 5.74) is 6.76. The lowest BCUT2D eigenvalue weighted by molar-refractivity contribution is -0.116. The number of rotatable bonds is 4. The highest BCUT2D eigenvalue weighted by Gasteiger charge is 2.14. The van der Waals surface area contributed by atoms with E-state index in [1.165, 1.54) is 0 Å². The Labute approximate surface area is 114 Å². The molecule has 0 radical (unpaired) electrons. The lowest BCUT2D eigenvalue weighted by Gasteiger charge is -2.15. The zero-order chi connectivity index (χ0) is 13.1. The topological polar surface area (TPSA) is 83.8 Å².